The maximum atomic E-state index is 6.03. The van der Waals surface area contributed by atoms with Gasteiger partial charge in [0.15, 0.2) is 5.96 Å². The van der Waals surface area contributed by atoms with Gasteiger partial charge in [-0.05, 0) is 69.0 Å². The maximum Gasteiger partial charge on any atom is 0.193 e. The van der Waals surface area contributed by atoms with Gasteiger partial charge in [-0.3, -0.25) is 4.99 Å². The van der Waals surface area contributed by atoms with Crippen LogP contribution in [0.2, 0.25) is 0 Å². The molecular formula is C18H30N4O. The number of guanidine groups is 1. The molecule has 1 aromatic rings. The molecule has 0 amide bonds. The second-order valence-electron chi connectivity index (χ2n) is 6.51. The summed E-state index contributed by atoms with van der Waals surface area (Å²) in [5.74, 6) is 1.14. The molecule has 0 aromatic heterocycles. The number of aryl methyl sites for hydroxylation is 2. The highest BCUT2D eigenvalue weighted by atomic mass is 16.5. The van der Waals surface area contributed by atoms with Gasteiger partial charge >= 0.3 is 0 Å². The summed E-state index contributed by atoms with van der Waals surface area (Å²) in [5, 5.41) is 3.20. The first-order valence-corrected chi connectivity index (χ1v) is 8.43. The van der Waals surface area contributed by atoms with E-state index >= 15 is 0 Å². The predicted octanol–water partition coefficient (Wildman–Crippen LogP) is 2.39. The average molecular weight is 318 g/mol. The van der Waals surface area contributed by atoms with Gasteiger partial charge < -0.3 is 20.7 Å². The van der Waals surface area contributed by atoms with Gasteiger partial charge in [0.2, 0.25) is 0 Å². The number of anilines is 1. The summed E-state index contributed by atoms with van der Waals surface area (Å²) < 4.78 is 5.14. The van der Waals surface area contributed by atoms with E-state index in [1.54, 1.807) is 7.11 Å². The fraction of sp³-hybridized carbons (Fsp3) is 0.611. The number of ether oxygens (including phenoxy) is 1. The molecule has 0 radical (unpaired) electrons. The van der Waals surface area contributed by atoms with Crippen molar-refractivity contribution in [1.82, 2.24) is 4.90 Å². The molecule has 1 aliphatic heterocycles. The Morgan fingerprint density at radius 2 is 1.91 bits per heavy atom. The van der Waals surface area contributed by atoms with Gasteiger partial charge in [-0.1, -0.05) is 6.07 Å². The fourth-order valence-electron chi connectivity index (χ4n) is 3.07. The molecule has 1 saturated heterocycles. The van der Waals surface area contributed by atoms with Crippen LogP contribution >= 0.6 is 0 Å². The minimum absolute atomic E-state index is 0.511. The van der Waals surface area contributed by atoms with Crippen molar-refractivity contribution in [3.05, 3.63) is 29.3 Å². The van der Waals surface area contributed by atoms with Gasteiger partial charge in [0.25, 0.3) is 0 Å². The fourth-order valence-corrected chi connectivity index (χ4v) is 3.07. The van der Waals surface area contributed by atoms with E-state index in [9.17, 15) is 0 Å². The lowest BCUT2D eigenvalue weighted by Gasteiger charge is -2.30. The number of piperidine rings is 1. The Labute approximate surface area is 139 Å². The molecule has 2 rings (SSSR count). The van der Waals surface area contributed by atoms with E-state index in [0.717, 1.165) is 38.5 Å². The maximum absolute atomic E-state index is 6.03. The number of methoxy groups -OCH3 is 1. The number of rotatable bonds is 6. The molecule has 0 unspecified atom stereocenters. The first kappa shape index (κ1) is 17.8. The number of benzene rings is 1. The van der Waals surface area contributed by atoms with Crippen LogP contribution in [0.15, 0.2) is 23.2 Å². The topological polar surface area (TPSA) is 62.9 Å². The van der Waals surface area contributed by atoms with Crippen molar-refractivity contribution in [2.75, 3.05) is 45.2 Å². The minimum atomic E-state index is 0.511. The van der Waals surface area contributed by atoms with Crippen LogP contribution < -0.4 is 11.1 Å². The van der Waals surface area contributed by atoms with E-state index in [-0.39, 0.29) is 0 Å². The lowest BCUT2D eigenvalue weighted by Crippen LogP contribution is -2.37. The van der Waals surface area contributed by atoms with Crippen molar-refractivity contribution in [3.63, 3.8) is 0 Å². The molecule has 0 atom stereocenters. The van der Waals surface area contributed by atoms with E-state index in [0.29, 0.717) is 11.9 Å². The number of likely N-dealkylation sites (tertiary alicyclic amines) is 1. The van der Waals surface area contributed by atoms with Gasteiger partial charge in [-0.2, -0.15) is 0 Å². The summed E-state index contributed by atoms with van der Waals surface area (Å²) in [4.78, 5) is 6.99. The zero-order valence-electron chi connectivity index (χ0n) is 14.6. The molecule has 0 bridgehead atoms. The highest BCUT2D eigenvalue weighted by molar-refractivity contribution is 5.92. The zero-order chi connectivity index (χ0) is 16.7. The third kappa shape index (κ3) is 6.20. The molecule has 0 saturated carbocycles. The van der Waals surface area contributed by atoms with Crippen LogP contribution in [0.1, 0.15) is 24.0 Å². The molecule has 1 aromatic carbocycles. The van der Waals surface area contributed by atoms with Gasteiger partial charge in [0.1, 0.15) is 0 Å². The highest BCUT2D eigenvalue weighted by Crippen LogP contribution is 2.17. The molecular weight excluding hydrogens is 288 g/mol. The van der Waals surface area contributed by atoms with Crippen molar-refractivity contribution in [2.45, 2.75) is 26.7 Å². The summed E-state index contributed by atoms with van der Waals surface area (Å²) in [6.07, 6.45) is 2.37. The Morgan fingerprint density at radius 1 is 1.26 bits per heavy atom. The quantitative estimate of drug-likeness (QED) is 0.624. The smallest absolute Gasteiger partial charge is 0.193 e. The van der Waals surface area contributed by atoms with Crippen LogP contribution in [0.5, 0.6) is 0 Å². The Morgan fingerprint density at radius 3 is 2.52 bits per heavy atom. The third-order valence-corrected chi connectivity index (χ3v) is 4.33. The monoisotopic (exact) mass is 318 g/mol. The molecule has 1 aliphatic rings. The number of nitrogens with zero attached hydrogens (tertiary/aromatic N) is 2. The number of hydrogen-bond donors (Lipinski definition) is 2. The van der Waals surface area contributed by atoms with Crippen molar-refractivity contribution in [3.8, 4) is 0 Å². The average Bonchev–Trinajstić information content (AvgIpc) is 2.51. The highest BCUT2D eigenvalue weighted by Gasteiger charge is 2.18. The number of hydrogen-bond acceptors (Lipinski definition) is 3. The van der Waals surface area contributed by atoms with Gasteiger partial charge in [-0.25, -0.2) is 0 Å². The van der Waals surface area contributed by atoms with Crippen LogP contribution in [-0.2, 0) is 4.74 Å². The van der Waals surface area contributed by atoms with Crippen molar-refractivity contribution in [1.29, 1.82) is 0 Å². The third-order valence-electron chi connectivity index (χ3n) is 4.33. The second kappa shape index (κ2) is 8.89. The van der Waals surface area contributed by atoms with Crippen LogP contribution in [0.4, 0.5) is 5.69 Å². The molecule has 0 aliphatic carbocycles. The Kier molecular flexibility index (Phi) is 6.86. The Bertz CT molecular complexity index is 502. The summed E-state index contributed by atoms with van der Waals surface area (Å²) >= 11 is 0. The number of aliphatic imine (C=N–C) groups is 1. The predicted molar refractivity (Wildman–Crippen MR) is 97.1 cm³/mol. The Balaban J connectivity index is 1.77. The zero-order valence-corrected chi connectivity index (χ0v) is 14.6. The normalized spacial score (nSPS) is 17.4. The molecule has 5 nitrogen and oxygen atoms in total. The van der Waals surface area contributed by atoms with Crippen molar-refractivity contribution in [2.24, 2.45) is 16.6 Å². The second-order valence-corrected chi connectivity index (χ2v) is 6.51. The lowest BCUT2D eigenvalue weighted by atomic mass is 9.97. The molecule has 128 valence electrons. The van der Waals surface area contributed by atoms with Gasteiger partial charge in [0.05, 0.1) is 6.61 Å². The summed E-state index contributed by atoms with van der Waals surface area (Å²) in [6, 6.07) is 6.32. The van der Waals surface area contributed by atoms with Crippen LogP contribution in [0, 0.1) is 19.8 Å². The summed E-state index contributed by atoms with van der Waals surface area (Å²) in [6.45, 7) is 9.09. The van der Waals surface area contributed by atoms with Crippen LogP contribution in [-0.4, -0.2) is 50.8 Å². The van der Waals surface area contributed by atoms with Gasteiger partial charge in [0, 0.05) is 25.9 Å². The van der Waals surface area contributed by atoms with E-state index in [1.807, 2.05) is 0 Å². The molecule has 3 N–H and O–H groups in total. The molecule has 5 heteroatoms. The number of nitrogens with one attached hydrogen (secondary N) is 1. The van der Waals surface area contributed by atoms with Crippen molar-refractivity contribution >= 4 is 11.6 Å². The Hall–Kier alpha value is -1.59. The SMILES string of the molecule is COCCN1CCC(CN=C(N)Nc2cc(C)cc(C)c2)CC1. The summed E-state index contributed by atoms with van der Waals surface area (Å²) in [7, 11) is 1.76. The van der Waals surface area contributed by atoms with Gasteiger partial charge in [-0.15, -0.1) is 0 Å². The van der Waals surface area contributed by atoms with E-state index < -0.39 is 0 Å². The summed E-state index contributed by atoms with van der Waals surface area (Å²) in [5.41, 5.74) is 9.49. The molecule has 1 fully saturated rings. The van der Waals surface area contributed by atoms with Crippen molar-refractivity contribution < 1.29 is 4.74 Å². The first-order valence-electron chi connectivity index (χ1n) is 8.43. The molecule has 0 spiro atoms. The van der Waals surface area contributed by atoms with Crippen LogP contribution in [0.25, 0.3) is 0 Å². The van der Waals surface area contributed by atoms with E-state index in [1.165, 1.54) is 24.0 Å². The largest absolute Gasteiger partial charge is 0.383 e. The number of nitrogens with two attached hydrogens (primary N) is 1. The first-order chi connectivity index (χ1) is 11.1. The van der Waals surface area contributed by atoms with E-state index in [2.05, 4.69) is 47.3 Å². The van der Waals surface area contributed by atoms with Crippen LogP contribution in [0.3, 0.4) is 0 Å². The molecule has 1 heterocycles. The standard InChI is InChI=1S/C18H30N4O/c1-14-10-15(2)12-17(11-14)21-18(19)20-13-16-4-6-22(7-5-16)8-9-23-3/h10-12,16H,4-9,13H2,1-3H3,(H3,19,20,21). The lowest BCUT2D eigenvalue weighted by molar-refractivity contribution is 0.121. The molecule has 23 heavy (non-hydrogen) atoms. The minimum Gasteiger partial charge on any atom is -0.383 e. The van der Waals surface area contributed by atoms with E-state index in [4.69, 9.17) is 10.5 Å².